The normalized spacial score (nSPS) is 17.7. The molecule has 134 valence electrons. The van der Waals surface area contributed by atoms with Gasteiger partial charge in [-0.2, -0.15) is 0 Å². The van der Waals surface area contributed by atoms with Crippen LogP contribution in [0.5, 0.6) is 0 Å². The SMILES string of the molecule is OC[C@@H]1CN(c2ncnc3cc(Cl)c(-c4ccc(Cl)cc4)cc23)CCN1. The fourth-order valence-electron chi connectivity index (χ4n) is 3.31. The van der Waals surface area contributed by atoms with Gasteiger partial charge in [-0.1, -0.05) is 35.3 Å². The van der Waals surface area contributed by atoms with Gasteiger partial charge in [0, 0.05) is 41.6 Å². The summed E-state index contributed by atoms with van der Waals surface area (Å²) in [5.41, 5.74) is 2.71. The smallest absolute Gasteiger partial charge is 0.140 e. The highest BCUT2D eigenvalue weighted by molar-refractivity contribution is 6.34. The van der Waals surface area contributed by atoms with Crippen molar-refractivity contribution in [1.29, 1.82) is 0 Å². The van der Waals surface area contributed by atoms with Gasteiger partial charge in [0.1, 0.15) is 12.1 Å². The van der Waals surface area contributed by atoms with E-state index in [1.165, 1.54) is 0 Å². The first-order chi connectivity index (χ1) is 12.7. The lowest BCUT2D eigenvalue weighted by Crippen LogP contribution is -2.52. The summed E-state index contributed by atoms with van der Waals surface area (Å²) in [7, 11) is 0. The summed E-state index contributed by atoms with van der Waals surface area (Å²) in [4.78, 5) is 11.1. The molecule has 1 saturated heterocycles. The van der Waals surface area contributed by atoms with Gasteiger partial charge < -0.3 is 15.3 Å². The first-order valence-electron chi connectivity index (χ1n) is 8.45. The van der Waals surface area contributed by atoms with E-state index in [2.05, 4.69) is 20.2 Å². The number of hydrogen-bond donors (Lipinski definition) is 2. The first kappa shape index (κ1) is 17.5. The second-order valence-corrected chi connectivity index (χ2v) is 7.18. The molecule has 0 unspecified atom stereocenters. The van der Waals surface area contributed by atoms with Crippen LogP contribution < -0.4 is 10.2 Å². The van der Waals surface area contributed by atoms with Gasteiger partial charge in [0.25, 0.3) is 0 Å². The summed E-state index contributed by atoms with van der Waals surface area (Å²) in [6.45, 7) is 2.42. The Hall–Kier alpha value is -1.92. The van der Waals surface area contributed by atoms with Gasteiger partial charge in [0.05, 0.1) is 17.1 Å². The number of aliphatic hydroxyl groups is 1. The third-order valence-corrected chi connectivity index (χ3v) is 5.20. The molecule has 26 heavy (non-hydrogen) atoms. The fourth-order valence-corrected chi connectivity index (χ4v) is 3.70. The minimum atomic E-state index is 0.0387. The van der Waals surface area contributed by atoms with Crippen molar-refractivity contribution in [2.45, 2.75) is 6.04 Å². The molecule has 2 N–H and O–H groups in total. The number of halogens is 2. The Morgan fingerprint density at radius 3 is 2.73 bits per heavy atom. The quantitative estimate of drug-likeness (QED) is 0.719. The predicted octanol–water partition coefficient (Wildman–Crippen LogP) is 3.37. The maximum absolute atomic E-state index is 9.47. The zero-order chi connectivity index (χ0) is 18.1. The summed E-state index contributed by atoms with van der Waals surface area (Å²) in [6, 6.07) is 11.5. The van der Waals surface area contributed by atoms with Crippen LogP contribution in [0.3, 0.4) is 0 Å². The molecule has 7 heteroatoms. The zero-order valence-electron chi connectivity index (χ0n) is 14.0. The standard InChI is InChI=1S/C19H18Cl2N4O/c20-13-3-1-12(2-4-13)15-7-16-18(8-17(15)21)23-11-24-19(16)25-6-5-22-14(9-25)10-26/h1-4,7-8,11,14,22,26H,5-6,9-10H2/t14-/m0/s1. The summed E-state index contributed by atoms with van der Waals surface area (Å²) in [5, 5.41) is 15.0. The van der Waals surface area contributed by atoms with Crippen molar-refractivity contribution in [2.75, 3.05) is 31.1 Å². The number of aromatic nitrogens is 2. The molecule has 0 spiro atoms. The molecule has 3 aromatic rings. The van der Waals surface area contributed by atoms with Gasteiger partial charge in [-0.25, -0.2) is 9.97 Å². The molecule has 5 nitrogen and oxygen atoms in total. The Morgan fingerprint density at radius 2 is 1.96 bits per heavy atom. The molecule has 1 atom stereocenters. The average molecular weight is 389 g/mol. The van der Waals surface area contributed by atoms with E-state index in [9.17, 15) is 5.11 Å². The van der Waals surface area contributed by atoms with E-state index < -0.39 is 0 Å². The van der Waals surface area contributed by atoms with Gasteiger partial charge in [-0.15, -0.1) is 0 Å². The van der Waals surface area contributed by atoms with Crippen molar-refractivity contribution in [3.05, 3.63) is 52.8 Å². The van der Waals surface area contributed by atoms with E-state index in [0.29, 0.717) is 16.6 Å². The summed E-state index contributed by atoms with van der Waals surface area (Å²) < 4.78 is 0. The lowest BCUT2D eigenvalue weighted by atomic mass is 10.0. The number of anilines is 1. The molecule has 0 aliphatic carbocycles. The van der Waals surface area contributed by atoms with Crippen LogP contribution in [0.4, 0.5) is 5.82 Å². The molecule has 1 aliphatic heterocycles. The monoisotopic (exact) mass is 388 g/mol. The maximum Gasteiger partial charge on any atom is 0.140 e. The number of fused-ring (bicyclic) bond motifs is 1. The van der Waals surface area contributed by atoms with E-state index in [4.69, 9.17) is 23.2 Å². The van der Waals surface area contributed by atoms with Crippen LogP contribution in [0.25, 0.3) is 22.0 Å². The van der Waals surface area contributed by atoms with E-state index in [0.717, 1.165) is 40.9 Å². The Labute approximate surface area is 161 Å². The molecule has 0 amide bonds. The second kappa shape index (κ2) is 7.37. The number of rotatable bonds is 3. The van der Waals surface area contributed by atoms with Crippen LogP contribution in [0.1, 0.15) is 0 Å². The second-order valence-electron chi connectivity index (χ2n) is 6.33. The third-order valence-electron chi connectivity index (χ3n) is 4.63. The van der Waals surface area contributed by atoms with Gasteiger partial charge in [0.2, 0.25) is 0 Å². The van der Waals surface area contributed by atoms with Crippen LogP contribution in [0.15, 0.2) is 42.7 Å². The maximum atomic E-state index is 9.47. The minimum Gasteiger partial charge on any atom is -0.395 e. The summed E-state index contributed by atoms with van der Waals surface area (Å²) in [5.74, 6) is 0.863. The lowest BCUT2D eigenvalue weighted by Gasteiger charge is -2.34. The third kappa shape index (κ3) is 3.35. The first-order valence-corrected chi connectivity index (χ1v) is 9.20. The van der Waals surface area contributed by atoms with Crippen LogP contribution in [-0.2, 0) is 0 Å². The van der Waals surface area contributed by atoms with E-state index in [1.54, 1.807) is 6.33 Å². The zero-order valence-corrected chi connectivity index (χ0v) is 15.5. The van der Waals surface area contributed by atoms with Gasteiger partial charge in [-0.3, -0.25) is 0 Å². The Morgan fingerprint density at radius 1 is 1.15 bits per heavy atom. The van der Waals surface area contributed by atoms with Crippen molar-refractivity contribution in [2.24, 2.45) is 0 Å². The molecular formula is C19H18Cl2N4O. The highest BCUT2D eigenvalue weighted by Crippen LogP contribution is 2.35. The van der Waals surface area contributed by atoms with Crippen molar-refractivity contribution < 1.29 is 5.11 Å². The molecule has 1 fully saturated rings. The molecule has 0 radical (unpaired) electrons. The van der Waals surface area contributed by atoms with Crippen LogP contribution in [0, 0.1) is 0 Å². The molecule has 0 saturated carbocycles. The Bertz CT molecular complexity index is 933. The van der Waals surface area contributed by atoms with Crippen LogP contribution in [-0.4, -0.2) is 47.4 Å². The highest BCUT2D eigenvalue weighted by atomic mass is 35.5. The van der Waals surface area contributed by atoms with Gasteiger partial charge in [-0.05, 0) is 29.8 Å². The van der Waals surface area contributed by atoms with Gasteiger partial charge in [0.15, 0.2) is 0 Å². The molecular weight excluding hydrogens is 371 g/mol. The van der Waals surface area contributed by atoms with E-state index in [1.807, 2.05) is 36.4 Å². The van der Waals surface area contributed by atoms with Crippen molar-refractivity contribution in [3.63, 3.8) is 0 Å². The summed E-state index contributed by atoms with van der Waals surface area (Å²) in [6.07, 6.45) is 1.56. The molecule has 0 bridgehead atoms. The van der Waals surface area contributed by atoms with Crippen molar-refractivity contribution in [1.82, 2.24) is 15.3 Å². The molecule has 4 rings (SSSR count). The van der Waals surface area contributed by atoms with E-state index >= 15 is 0 Å². The summed E-state index contributed by atoms with van der Waals surface area (Å²) >= 11 is 12.5. The van der Waals surface area contributed by atoms with Crippen LogP contribution >= 0.6 is 23.2 Å². The molecule has 1 aliphatic rings. The largest absolute Gasteiger partial charge is 0.395 e. The Kier molecular flexibility index (Phi) is 4.96. The highest BCUT2D eigenvalue weighted by Gasteiger charge is 2.22. The Balaban J connectivity index is 1.82. The number of nitrogens with zero attached hydrogens (tertiary/aromatic N) is 3. The fraction of sp³-hybridized carbons (Fsp3) is 0.263. The minimum absolute atomic E-state index is 0.0387. The average Bonchev–Trinajstić information content (AvgIpc) is 2.68. The van der Waals surface area contributed by atoms with E-state index in [-0.39, 0.29) is 12.6 Å². The van der Waals surface area contributed by atoms with Crippen molar-refractivity contribution in [3.8, 4) is 11.1 Å². The molecule has 2 aromatic carbocycles. The molecule has 1 aromatic heterocycles. The molecule has 2 heterocycles. The predicted molar refractivity (Wildman–Crippen MR) is 106 cm³/mol. The number of piperazine rings is 1. The lowest BCUT2D eigenvalue weighted by molar-refractivity contribution is 0.235. The number of nitrogens with one attached hydrogen (secondary N) is 1. The van der Waals surface area contributed by atoms with Gasteiger partial charge >= 0.3 is 0 Å². The number of hydrogen-bond acceptors (Lipinski definition) is 5. The number of benzene rings is 2. The van der Waals surface area contributed by atoms with Crippen LogP contribution in [0.2, 0.25) is 10.0 Å². The van der Waals surface area contributed by atoms with Crippen molar-refractivity contribution >= 4 is 39.9 Å². The topological polar surface area (TPSA) is 61.3 Å². The number of aliphatic hydroxyl groups excluding tert-OH is 1.